The van der Waals surface area contributed by atoms with E-state index in [0.717, 1.165) is 0 Å². The third kappa shape index (κ3) is 4.27. The molecule has 3 N–H and O–H groups in total. The number of pyridine rings is 1. The van der Waals surface area contributed by atoms with Gasteiger partial charge in [0.25, 0.3) is 0 Å². The number of aromatic amines is 1. The van der Waals surface area contributed by atoms with E-state index >= 15 is 0 Å². The van der Waals surface area contributed by atoms with E-state index in [1.807, 2.05) is 0 Å². The lowest BCUT2D eigenvalue weighted by atomic mass is 9.99. The highest BCUT2D eigenvalue weighted by Gasteiger charge is 2.23. The second-order valence-electron chi connectivity index (χ2n) is 5.58. The standard InChI is InChI=1S/C18H21NO7/c1-3-25-15(21)8-14(20)16(22)10-5-6-13-11(7-10)17(23)12(9-19-13)18(24)26-4-2/h5-7,9,14,16,20,22H,3-4,8H2,1-2H3,(H,19,23). The van der Waals surface area contributed by atoms with Gasteiger partial charge in [0.05, 0.1) is 25.7 Å². The first kappa shape index (κ1) is 19.6. The van der Waals surface area contributed by atoms with Crippen molar-refractivity contribution in [3.8, 4) is 0 Å². The van der Waals surface area contributed by atoms with Crippen molar-refractivity contribution in [3.05, 3.63) is 45.7 Å². The molecule has 8 nitrogen and oxygen atoms in total. The van der Waals surface area contributed by atoms with Crippen LogP contribution < -0.4 is 5.43 Å². The molecule has 0 aliphatic rings. The predicted octanol–water partition coefficient (Wildman–Crippen LogP) is 1.05. The van der Waals surface area contributed by atoms with Crippen LogP contribution in [0.3, 0.4) is 0 Å². The zero-order valence-corrected chi connectivity index (χ0v) is 14.5. The summed E-state index contributed by atoms with van der Waals surface area (Å²) in [6, 6.07) is 4.43. The number of carbonyl (C=O) groups is 2. The fourth-order valence-corrected chi connectivity index (χ4v) is 2.51. The number of aliphatic hydroxyl groups is 2. The smallest absolute Gasteiger partial charge is 0.343 e. The first-order valence-corrected chi connectivity index (χ1v) is 8.23. The van der Waals surface area contributed by atoms with Crippen LogP contribution in [-0.2, 0) is 14.3 Å². The van der Waals surface area contributed by atoms with Crippen LogP contribution in [0.2, 0.25) is 0 Å². The van der Waals surface area contributed by atoms with Crippen molar-refractivity contribution in [2.75, 3.05) is 13.2 Å². The minimum Gasteiger partial charge on any atom is -0.466 e. The second-order valence-corrected chi connectivity index (χ2v) is 5.58. The Labute approximate surface area is 149 Å². The SMILES string of the molecule is CCOC(=O)CC(O)C(O)c1ccc2[nH]cc(C(=O)OCC)c(=O)c2c1. The lowest BCUT2D eigenvalue weighted by Gasteiger charge is -2.18. The van der Waals surface area contributed by atoms with Crippen LogP contribution in [0.4, 0.5) is 0 Å². The molecule has 26 heavy (non-hydrogen) atoms. The van der Waals surface area contributed by atoms with E-state index in [9.17, 15) is 24.6 Å². The van der Waals surface area contributed by atoms with Gasteiger partial charge in [-0.15, -0.1) is 0 Å². The molecule has 0 bridgehead atoms. The Hall–Kier alpha value is -2.71. The molecule has 0 aliphatic heterocycles. The average molecular weight is 363 g/mol. The Kier molecular flexibility index (Phi) is 6.48. The highest BCUT2D eigenvalue weighted by molar-refractivity contribution is 5.93. The van der Waals surface area contributed by atoms with Crippen LogP contribution in [0.15, 0.2) is 29.2 Å². The molecular formula is C18H21NO7. The van der Waals surface area contributed by atoms with E-state index < -0.39 is 29.6 Å². The van der Waals surface area contributed by atoms with E-state index in [1.165, 1.54) is 18.3 Å². The van der Waals surface area contributed by atoms with E-state index in [0.29, 0.717) is 5.52 Å². The second kappa shape index (κ2) is 8.59. The van der Waals surface area contributed by atoms with Crippen LogP contribution >= 0.6 is 0 Å². The summed E-state index contributed by atoms with van der Waals surface area (Å²) in [5, 5.41) is 20.4. The molecule has 0 aliphatic carbocycles. The molecule has 0 saturated carbocycles. The topological polar surface area (TPSA) is 126 Å². The predicted molar refractivity (Wildman–Crippen MR) is 92.7 cm³/mol. The maximum atomic E-state index is 12.5. The molecule has 140 valence electrons. The van der Waals surface area contributed by atoms with E-state index in [1.54, 1.807) is 19.9 Å². The fourth-order valence-electron chi connectivity index (χ4n) is 2.51. The first-order chi connectivity index (χ1) is 12.4. The van der Waals surface area contributed by atoms with Crippen molar-refractivity contribution in [1.82, 2.24) is 4.98 Å². The molecule has 8 heteroatoms. The molecule has 0 fully saturated rings. The molecule has 1 heterocycles. The molecule has 2 rings (SSSR count). The van der Waals surface area contributed by atoms with Gasteiger partial charge in [-0.1, -0.05) is 6.07 Å². The molecule has 1 aromatic carbocycles. The normalized spacial score (nSPS) is 13.2. The van der Waals surface area contributed by atoms with Gasteiger partial charge in [-0.05, 0) is 31.5 Å². The van der Waals surface area contributed by atoms with Gasteiger partial charge in [0.2, 0.25) is 5.43 Å². The molecule has 0 saturated heterocycles. The number of ether oxygens (including phenoxy) is 2. The van der Waals surface area contributed by atoms with Crippen molar-refractivity contribution in [3.63, 3.8) is 0 Å². The first-order valence-electron chi connectivity index (χ1n) is 8.23. The highest BCUT2D eigenvalue weighted by atomic mass is 16.5. The monoisotopic (exact) mass is 363 g/mol. The number of fused-ring (bicyclic) bond motifs is 1. The average Bonchev–Trinajstić information content (AvgIpc) is 2.61. The highest BCUT2D eigenvalue weighted by Crippen LogP contribution is 2.22. The summed E-state index contributed by atoms with van der Waals surface area (Å²) in [6.07, 6.45) is -1.89. The number of benzene rings is 1. The Bertz CT molecular complexity index is 858. The van der Waals surface area contributed by atoms with Gasteiger partial charge >= 0.3 is 11.9 Å². The summed E-state index contributed by atoms with van der Waals surface area (Å²) in [5.41, 5.74) is -0.0103. The van der Waals surface area contributed by atoms with E-state index in [2.05, 4.69) is 4.98 Å². The number of H-pyrrole nitrogens is 1. The Balaban J connectivity index is 2.34. The van der Waals surface area contributed by atoms with Crippen LogP contribution in [0.5, 0.6) is 0 Å². The molecule has 2 unspecified atom stereocenters. The van der Waals surface area contributed by atoms with Gasteiger partial charge in [0.15, 0.2) is 0 Å². The van der Waals surface area contributed by atoms with Gasteiger partial charge < -0.3 is 24.7 Å². The van der Waals surface area contributed by atoms with Gasteiger partial charge in [-0.25, -0.2) is 4.79 Å². The number of aliphatic hydroxyl groups excluding tert-OH is 2. The van der Waals surface area contributed by atoms with Crippen LogP contribution in [0.1, 0.15) is 42.3 Å². The lowest BCUT2D eigenvalue weighted by Crippen LogP contribution is -2.23. The Morgan fingerprint density at radius 3 is 2.50 bits per heavy atom. The van der Waals surface area contributed by atoms with E-state index in [-0.39, 0.29) is 36.1 Å². The minimum atomic E-state index is -1.39. The van der Waals surface area contributed by atoms with Crippen molar-refractivity contribution in [2.45, 2.75) is 32.5 Å². The molecular weight excluding hydrogens is 342 g/mol. The zero-order chi connectivity index (χ0) is 19.3. The largest absolute Gasteiger partial charge is 0.466 e. The molecule has 0 spiro atoms. The maximum absolute atomic E-state index is 12.5. The zero-order valence-electron chi connectivity index (χ0n) is 14.5. The summed E-state index contributed by atoms with van der Waals surface area (Å²) in [4.78, 5) is 38.6. The number of rotatable bonds is 7. The Morgan fingerprint density at radius 1 is 1.15 bits per heavy atom. The van der Waals surface area contributed by atoms with Crippen molar-refractivity contribution in [2.24, 2.45) is 0 Å². The van der Waals surface area contributed by atoms with E-state index in [4.69, 9.17) is 9.47 Å². The number of esters is 2. The van der Waals surface area contributed by atoms with Crippen molar-refractivity contribution in [1.29, 1.82) is 0 Å². The van der Waals surface area contributed by atoms with Crippen LogP contribution in [-0.4, -0.2) is 46.5 Å². The molecule has 0 radical (unpaired) electrons. The fraction of sp³-hybridized carbons (Fsp3) is 0.389. The van der Waals surface area contributed by atoms with Crippen LogP contribution in [0.25, 0.3) is 10.9 Å². The summed E-state index contributed by atoms with van der Waals surface area (Å²) in [5.74, 6) is -1.38. The summed E-state index contributed by atoms with van der Waals surface area (Å²) in [6.45, 7) is 3.57. The van der Waals surface area contributed by atoms with Crippen LogP contribution in [0, 0.1) is 0 Å². The number of aromatic nitrogens is 1. The number of carbonyl (C=O) groups excluding carboxylic acids is 2. The van der Waals surface area contributed by atoms with Gasteiger partial charge in [-0.3, -0.25) is 9.59 Å². The minimum absolute atomic E-state index is 0.134. The molecule has 0 amide bonds. The quantitative estimate of drug-likeness (QED) is 0.628. The summed E-state index contributed by atoms with van der Waals surface area (Å²) >= 11 is 0. The van der Waals surface area contributed by atoms with Crippen molar-refractivity contribution >= 4 is 22.8 Å². The van der Waals surface area contributed by atoms with Gasteiger partial charge in [-0.2, -0.15) is 0 Å². The summed E-state index contributed by atoms with van der Waals surface area (Å²) in [7, 11) is 0. The molecule has 2 atom stereocenters. The number of hydrogen-bond acceptors (Lipinski definition) is 7. The number of hydrogen-bond donors (Lipinski definition) is 3. The van der Waals surface area contributed by atoms with Crippen molar-refractivity contribution < 1.29 is 29.3 Å². The molecule has 1 aromatic heterocycles. The maximum Gasteiger partial charge on any atom is 0.343 e. The van der Waals surface area contributed by atoms with Gasteiger partial charge in [0, 0.05) is 17.1 Å². The number of nitrogens with one attached hydrogen (secondary N) is 1. The molecule has 2 aromatic rings. The third-order valence-electron chi connectivity index (χ3n) is 3.79. The lowest BCUT2D eigenvalue weighted by molar-refractivity contribution is -0.147. The Morgan fingerprint density at radius 2 is 1.85 bits per heavy atom. The third-order valence-corrected chi connectivity index (χ3v) is 3.79. The summed E-state index contributed by atoms with van der Waals surface area (Å²) < 4.78 is 9.58. The van der Waals surface area contributed by atoms with Gasteiger partial charge in [0.1, 0.15) is 11.7 Å².